The number of nitriles is 1. The molecular formula is C13H17N3. The normalized spacial score (nSPS) is 24.1. The van der Waals surface area contributed by atoms with Crippen LogP contribution in [0.1, 0.15) is 37.4 Å². The highest BCUT2D eigenvalue weighted by Crippen LogP contribution is 2.27. The van der Waals surface area contributed by atoms with Crippen LogP contribution < -0.4 is 5.32 Å². The van der Waals surface area contributed by atoms with Crippen LogP contribution in [0.4, 0.5) is 5.82 Å². The lowest BCUT2D eigenvalue weighted by Gasteiger charge is -2.13. The van der Waals surface area contributed by atoms with Crippen LogP contribution in [-0.4, -0.2) is 11.0 Å². The monoisotopic (exact) mass is 215 g/mol. The summed E-state index contributed by atoms with van der Waals surface area (Å²) in [6.07, 6.45) is 3.70. The summed E-state index contributed by atoms with van der Waals surface area (Å²) in [7, 11) is 0. The van der Waals surface area contributed by atoms with Crippen molar-refractivity contribution in [1.82, 2.24) is 4.98 Å². The van der Waals surface area contributed by atoms with Crippen molar-refractivity contribution in [3.05, 3.63) is 23.4 Å². The Hall–Kier alpha value is -1.56. The summed E-state index contributed by atoms with van der Waals surface area (Å²) in [5.74, 6) is 1.65. The van der Waals surface area contributed by atoms with Crippen molar-refractivity contribution in [3.63, 3.8) is 0 Å². The molecule has 84 valence electrons. The van der Waals surface area contributed by atoms with Crippen LogP contribution in [0.25, 0.3) is 0 Å². The van der Waals surface area contributed by atoms with Gasteiger partial charge >= 0.3 is 0 Å². The smallest absolute Gasteiger partial charge is 0.127 e. The lowest BCUT2D eigenvalue weighted by molar-refractivity contribution is 0.602. The summed E-state index contributed by atoms with van der Waals surface area (Å²) in [6, 6.07) is 6.32. The van der Waals surface area contributed by atoms with E-state index in [0.29, 0.717) is 11.6 Å². The van der Waals surface area contributed by atoms with Gasteiger partial charge in [0.05, 0.1) is 11.6 Å². The lowest BCUT2D eigenvalue weighted by Crippen LogP contribution is -2.16. The zero-order chi connectivity index (χ0) is 11.5. The van der Waals surface area contributed by atoms with E-state index in [1.54, 1.807) is 0 Å². The predicted molar refractivity (Wildman–Crippen MR) is 64.1 cm³/mol. The fraction of sp³-hybridized carbons (Fsp3) is 0.538. The second-order valence-corrected chi connectivity index (χ2v) is 4.75. The number of pyridine rings is 1. The highest BCUT2D eigenvalue weighted by atomic mass is 15.0. The fourth-order valence-electron chi connectivity index (χ4n) is 2.35. The second kappa shape index (κ2) is 4.52. The van der Waals surface area contributed by atoms with Crippen molar-refractivity contribution < 1.29 is 0 Å². The van der Waals surface area contributed by atoms with Crippen LogP contribution in [0.15, 0.2) is 12.1 Å². The molecular weight excluding hydrogens is 198 g/mol. The standard InChI is InChI=1S/C13H17N3/c1-9-3-4-12(5-9)16-13-7-11(8-14)6-10(2)15-13/h6-7,9,12H,3-5H2,1-2H3,(H,15,16). The van der Waals surface area contributed by atoms with Crippen molar-refractivity contribution in [2.24, 2.45) is 5.92 Å². The Balaban J connectivity index is 2.10. The Kier molecular flexibility index (Phi) is 3.09. The van der Waals surface area contributed by atoms with Crippen LogP contribution >= 0.6 is 0 Å². The fourth-order valence-corrected chi connectivity index (χ4v) is 2.35. The Morgan fingerprint density at radius 3 is 2.88 bits per heavy atom. The van der Waals surface area contributed by atoms with Crippen LogP contribution in [0, 0.1) is 24.2 Å². The van der Waals surface area contributed by atoms with Crippen LogP contribution in [-0.2, 0) is 0 Å². The molecule has 0 amide bonds. The van der Waals surface area contributed by atoms with Crippen LogP contribution in [0.3, 0.4) is 0 Å². The first-order valence-electron chi connectivity index (χ1n) is 5.82. The van der Waals surface area contributed by atoms with E-state index in [1.807, 2.05) is 19.1 Å². The zero-order valence-electron chi connectivity index (χ0n) is 9.83. The van der Waals surface area contributed by atoms with Crippen molar-refractivity contribution in [3.8, 4) is 6.07 Å². The Morgan fingerprint density at radius 1 is 1.44 bits per heavy atom. The molecule has 1 aliphatic rings. The van der Waals surface area contributed by atoms with Gasteiger partial charge in [-0.25, -0.2) is 4.98 Å². The number of anilines is 1. The number of rotatable bonds is 2. The third kappa shape index (κ3) is 2.52. The van der Waals surface area contributed by atoms with Gasteiger partial charge in [-0.3, -0.25) is 0 Å². The lowest BCUT2D eigenvalue weighted by atomic mass is 10.1. The van der Waals surface area contributed by atoms with E-state index in [1.165, 1.54) is 19.3 Å². The number of nitrogens with zero attached hydrogens (tertiary/aromatic N) is 2. The zero-order valence-corrected chi connectivity index (χ0v) is 9.83. The molecule has 0 aromatic carbocycles. The van der Waals surface area contributed by atoms with Gasteiger partial charge in [0.2, 0.25) is 0 Å². The average Bonchev–Trinajstić information content (AvgIpc) is 2.63. The van der Waals surface area contributed by atoms with Gasteiger partial charge in [-0.15, -0.1) is 0 Å². The van der Waals surface area contributed by atoms with E-state index in [-0.39, 0.29) is 0 Å². The quantitative estimate of drug-likeness (QED) is 0.825. The Labute approximate surface area is 96.5 Å². The van der Waals surface area contributed by atoms with E-state index in [9.17, 15) is 0 Å². The first kappa shape index (κ1) is 10.9. The maximum atomic E-state index is 8.88. The van der Waals surface area contributed by atoms with Crippen molar-refractivity contribution in [2.75, 3.05) is 5.32 Å². The molecule has 0 aliphatic heterocycles. The number of aryl methyl sites for hydroxylation is 1. The molecule has 16 heavy (non-hydrogen) atoms. The SMILES string of the molecule is Cc1cc(C#N)cc(NC2CCC(C)C2)n1. The summed E-state index contributed by atoms with van der Waals surface area (Å²) in [5, 5.41) is 12.3. The number of hydrogen-bond acceptors (Lipinski definition) is 3. The highest BCUT2D eigenvalue weighted by molar-refractivity contribution is 5.45. The van der Waals surface area contributed by atoms with Crippen molar-refractivity contribution >= 4 is 5.82 Å². The van der Waals surface area contributed by atoms with E-state index >= 15 is 0 Å². The molecule has 2 rings (SSSR count). The molecule has 1 aromatic rings. The first-order valence-corrected chi connectivity index (χ1v) is 5.82. The molecule has 1 heterocycles. The summed E-state index contributed by atoms with van der Waals surface area (Å²) in [6.45, 7) is 4.20. The highest BCUT2D eigenvalue weighted by Gasteiger charge is 2.21. The summed E-state index contributed by atoms with van der Waals surface area (Å²) >= 11 is 0. The molecule has 3 heteroatoms. The van der Waals surface area contributed by atoms with Crippen LogP contribution in [0.5, 0.6) is 0 Å². The molecule has 0 saturated heterocycles. The average molecular weight is 215 g/mol. The molecule has 2 unspecified atom stereocenters. The molecule has 1 aliphatic carbocycles. The molecule has 0 radical (unpaired) electrons. The summed E-state index contributed by atoms with van der Waals surface area (Å²) < 4.78 is 0. The molecule has 1 fully saturated rings. The molecule has 0 spiro atoms. The minimum atomic E-state index is 0.524. The topological polar surface area (TPSA) is 48.7 Å². The van der Waals surface area contributed by atoms with Gasteiger partial charge in [-0.1, -0.05) is 6.92 Å². The van der Waals surface area contributed by atoms with Gasteiger partial charge in [0.1, 0.15) is 5.82 Å². The summed E-state index contributed by atoms with van der Waals surface area (Å²) in [4.78, 5) is 4.41. The second-order valence-electron chi connectivity index (χ2n) is 4.75. The van der Waals surface area contributed by atoms with Gasteiger partial charge in [0, 0.05) is 11.7 Å². The van der Waals surface area contributed by atoms with E-state index < -0.39 is 0 Å². The van der Waals surface area contributed by atoms with Crippen molar-refractivity contribution in [2.45, 2.75) is 39.2 Å². The maximum absolute atomic E-state index is 8.88. The Morgan fingerprint density at radius 2 is 2.25 bits per heavy atom. The van der Waals surface area contributed by atoms with E-state index in [2.05, 4.69) is 23.3 Å². The predicted octanol–water partition coefficient (Wildman–Crippen LogP) is 2.86. The van der Waals surface area contributed by atoms with Gasteiger partial charge in [-0.2, -0.15) is 5.26 Å². The minimum absolute atomic E-state index is 0.524. The Bertz CT molecular complexity index is 420. The third-order valence-electron chi connectivity index (χ3n) is 3.13. The van der Waals surface area contributed by atoms with Crippen molar-refractivity contribution in [1.29, 1.82) is 5.26 Å². The summed E-state index contributed by atoms with van der Waals surface area (Å²) in [5.41, 5.74) is 1.58. The largest absolute Gasteiger partial charge is 0.367 e. The molecule has 2 atom stereocenters. The van der Waals surface area contributed by atoms with E-state index in [0.717, 1.165) is 17.4 Å². The van der Waals surface area contributed by atoms with Gasteiger partial charge in [0.25, 0.3) is 0 Å². The van der Waals surface area contributed by atoms with Gasteiger partial charge in [-0.05, 0) is 44.2 Å². The number of hydrogen-bond donors (Lipinski definition) is 1. The third-order valence-corrected chi connectivity index (χ3v) is 3.13. The van der Waals surface area contributed by atoms with Gasteiger partial charge in [0.15, 0.2) is 0 Å². The van der Waals surface area contributed by atoms with Crippen LogP contribution in [0.2, 0.25) is 0 Å². The molecule has 0 bridgehead atoms. The van der Waals surface area contributed by atoms with E-state index in [4.69, 9.17) is 5.26 Å². The molecule has 1 aromatic heterocycles. The first-order chi connectivity index (χ1) is 7.67. The van der Waals surface area contributed by atoms with Gasteiger partial charge < -0.3 is 5.32 Å². The number of nitrogens with one attached hydrogen (secondary N) is 1. The number of aromatic nitrogens is 1. The molecule has 1 N–H and O–H groups in total. The molecule has 3 nitrogen and oxygen atoms in total. The maximum Gasteiger partial charge on any atom is 0.127 e. The molecule has 1 saturated carbocycles. The minimum Gasteiger partial charge on any atom is -0.367 e.